The van der Waals surface area contributed by atoms with E-state index < -0.39 is 0 Å². The van der Waals surface area contributed by atoms with Gasteiger partial charge in [-0.05, 0) is 70.9 Å². The predicted octanol–water partition coefficient (Wildman–Crippen LogP) is 5.54. The Bertz CT molecular complexity index is 905. The molecule has 0 bridgehead atoms. The fourth-order valence-corrected chi connectivity index (χ4v) is 3.94. The standard InChI is InChI=1S/C22H17O.Zr/c1-2-6-15(7-3-1)22-19-9-4-8-16(19)12-17-13-18(14-20(17)22)21-10-5-11-23-21;/h1-3,5-7,10-14H,4,8-9H2;. The first-order chi connectivity index (χ1) is 11.4. The van der Waals surface area contributed by atoms with Crippen LogP contribution in [0, 0.1) is 6.42 Å². The van der Waals surface area contributed by atoms with Crippen molar-refractivity contribution >= 4 is 11.6 Å². The van der Waals surface area contributed by atoms with Crippen molar-refractivity contribution in [3.8, 4) is 11.1 Å². The number of fused-ring (bicyclic) bond motifs is 2. The maximum absolute atomic E-state index is 5.60. The molecule has 0 saturated carbocycles. The molecule has 1 nitrogen and oxygen atoms in total. The molecule has 5 rings (SSSR count). The average Bonchev–Trinajstić information content (AvgIpc) is 3.32. The van der Waals surface area contributed by atoms with E-state index in [0.29, 0.717) is 0 Å². The zero-order valence-corrected chi connectivity index (χ0v) is 15.8. The van der Waals surface area contributed by atoms with Crippen molar-refractivity contribution in [2.75, 3.05) is 0 Å². The normalized spacial score (nSPS) is 14.8. The second-order valence-corrected chi connectivity index (χ2v) is 6.33. The first-order valence-electron chi connectivity index (χ1n) is 8.25. The SMILES string of the molecule is [CH]1C(c2ccco2)=Cc2c1cc1c(c2-c2ccccc2)CCC1.[Zr]. The van der Waals surface area contributed by atoms with Crippen LogP contribution in [0.1, 0.15) is 34.4 Å². The molecule has 3 aromatic rings. The van der Waals surface area contributed by atoms with Gasteiger partial charge in [0.2, 0.25) is 0 Å². The molecular formula is C22H17OZr. The van der Waals surface area contributed by atoms with E-state index in [9.17, 15) is 0 Å². The van der Waals surface area contributed by atoms with Crippen LogP contribution in [0.3, 0.4) is 0 Å². The summed E-state index contributed by atoms with van der Waals surface area (Å²) in [6.45, 7) is 0. The van der Waals surface area contributed by atoms with Gasteiger partial charge in [0, 0.05) is 38.2 Å². The van der Waals surface area contributed by atoms with E-state index in [2.05, 4.69) is 48.9 Å². The summed E-state index contributed by atoms with van der Waals surface area (Å²) in [4.78, 5) is 0. The van der Waals surface area contributed by atoms with E-state index >= 15 is 0 Å². The van der Waals surface area contributed by atoms with Gasteiger partial charge in [0.15, 0.2) is 0 Å². The van der Waals surface area contributed by atoms with Gasteiger partial charge in [-0.25, -0.2) is 0 Å². The Morgan fingerprint density at radius 3 is 2.58 bits per heavy atom. The van der Waals surface area contributed by atoms with Crippen molar-refractivity contribution in [2.24, 2.45) is 0 Å². The van der Waals surface area contributed by atoms with Crippen LogP contribution < -0.4 is 0 Å². The molecule has 0 fully saturated rings. The minimum atomic E-state index is 0. The molecule has 1 heterocycles. The van der Waals surface area contributed by atoms with Gasteiger partial charge >= 0.3 is 0 Å². The number of hydrogen-bond donors (Lipinski definition) is 0. The van der Waals surface area contributed by atoms with E-state index in [0.717, 1.165) is 5.76 Å². The van der Waals surface area contributed by atoms with Gasteiger partial charge in [0.25, 0.3) is 0 Å². The Balaban J connectivity index is 0.00000146. The van der Waals surface area contributed by atoms with Gasteiger partial charge in [-0.15, -0.1) is 0 Å². The molecule has 1 aromatic heterocycles. The van der Waals surface area contributed by atoms with E-state index in [1.165, 1.54) is 52.7 Å². The molecule has 0 N–H and O–H groups in total. The minimum absolute atomic E-state index is 0. The van der Waals surface area contributed by atoms with Gasteiger partial charge in [-0.2, -0.15) is 0 Å². The van der Waals surface area contributed by atoms with Crippen LogP contribution in [0.5, 0.6) is 0 Å². The van der Waals surface area contributed by atoms with Crippen LogP contribution in [0.25, 0.3) is 22.8 Å². The van der Waals surface area contributed by atoms with Crippen LogP contribution in [0.4, 0.5) is 0 Å². The summed E-state index contributed by atoms with van der Waals surface area (Å²) in [5, 5.41) is 0. The van der Waals surface area contributed by atoms with Crippen LogP contribution in [-0.4, -0.2) is 0 Å². The molecule has 2 aliphatic carbocycles. The molecule has 2 aromatic carbocycles. The molecule has 0 aliphatic heterocycles. The van der Waals surface area contributed by atoms with Crippen molar-refractivity contribution in [3.63, 3.8) is 0 Å². The molecule has 1 radical (unpaired) electrons. The number of allylic oxidation sites excluding steroid dienone is 1. The van der Waals surface area contributed by atoms with Crippen molar-refractivity contribution in [3.05, 3.63) is 89.2 Å². The Morgan fingerprint density at radius 2 is 1.79 bits per heavy atom. The molecule has 0 atom stereocenters. The first kappa shape index (κ1) is 15.8. The third kappa shape index (κ3) is 2.49. The summed E-state index contributed by atoms with van der Waals surface area (Å²) >= 11 is 0. The summed E-state index contributed by atoms with van der Waals surface area (Å²) in [5.41, 5.74) is 9.67. The number of aryl methyl sites for hydroxylation is 1. The fraction of sp³-hybridized carbons (Fsp3) is 0.136. The number of furan rings is 1. The van der Waals surface area contributed by atoms with E-state index in [1.54, 1.807) is 11.8 Å². The van der Waals surface area contributed by atoms with Crippen LogP contribution in [-0.2, 0) is 39.0 Å². The topological polar surface area (TPSA) is 13.1 Å². The quantitative estimate of drug-likeness (QED) is 0.562. The first-order valence-corrected chi connectivity index (χ1v) is 8.25. The molecule has 2 aliphatic rings. The van der Waals surface area contributed by atoms with Gasteiger partial charge in [-0.1, -0.05) is 36.4 Å². The van der Waals surface area contributed by atoms with E-state index in [4.69, 9.17) is 4.42 Å². The maximum atomic E-state index is 5.60. The summed E-state index contributed by atoms with van der Waals surface area (Å²) in [6, 6.07) is 17.2. The Kier molecular flexibility index (Phi) is 4.18. The predicted molar refractivity (Wildman–Crippen MR) is 93.9 cm³/mol. The van der Waals surface area contributed by atoms with Crippen molar-refractivity contribution in [1.82, 2.24) is 0 Å². The number of benzene rings is 2. The molecule has 0 saturated heterocycles. The average molecular weight is 389 g/mol. The fourth-order valence-electron chi connectivity index (χ4n) is 3.94. The maximum Gasteiger partial charge on any atom is 0.130 e. The van der Waals surface area contributed by atoms with Crippen molar-refractivity contribution in [2.45, 2.75) is 19.3 Å². The molecular weight excluding hydrogens is 371 g/mol. The Labute approximate surface area is 161 Å². The largest absolute Gasteiger partial charge is 0.465 e. The zero-order valence-electron chi connectivity index (χ0n) is 13.4. The third-order valence-corrected chi connectivity index (χ3v) is 4.95. The monoisotopic (exact) mass is 387 g/mol. The van der Waals surface area contributed by atoms with Gasteiger partial charge < -0.3 is 4.42 Å². The molecule has 0 amide bonds. The number of hydrogen-bond acceptors (Lipinski definition) is 1. The van der Waals surface area contributed by atoms with Crippen LogP contribution >= 0.6 is 0 Å². The van der Waals surface area contributed by atoms with Crippen molar-refractivity contribution < 1.29 is 30.6 Å². The summed E-state index contributed by atoms with van der Waals surface area (Å²) < 4.78 is 5.60. The second kappa shape index (κ2) is 6.33. The molecule has 2 heteroatoms. The minimum Gasteiger partial charge on any atom is -0.465 e. The number of rotatable bonds is 2. The summed E-state index contributed by atoms with van der Waals surface area (Å²) in [7, 11) is 0. The van der Waals surface area contributed by atoms with E-state index in [-0.39, 0.29) is 26.2 Å². The summed E-state index contributed by atoms with van der Waals surface area (Å²) in [5.74, 6) is 0.945. The van der Waals surface area contributed by atoms with Gasteiger partial charge in [-0.3, -0.25) is 0 Å². The third-order valence-electron chi connectivity index (χ3n) is 4.95. The van der Waals surface area contributed by atoms with Gasteiger partial charge in [0.05, 0.1) is 6.26 Å². The Morgan fingerprint density at radius 1 is 0.917 bits per heavy atom. The van der Waals surface area contributed by atoms with Gasteiger partial charge in [0.1, 0.15) is 5.76 Å². The van der Waals surface area contributed by atoms with E-state index in [1.807, 2.05) is 12.1 Å². The molecule has 0 unspecified atom stereocenters. The smallest absolute Gasteiger partial charge is 0.130 e. The summed E-state index contributed by atoms with van der Waals surface area (Å²) in [6.07, 6.45) is 9.95. The molecule has 0 spiro atoms. The molecule has 115 valence electrons. The zero-order chi connectivity index (χ0) is 15.2. The van der Waals surface area contributed by atoms with Crippen LogP contribution in [0.15, 0.2) is 59.2 Å². The van der Waals surface area contributed by atoms with Crippen molar-refractivity contribution in [1.29, 1.82) is 0 Å². The van der Waals surface area contributed by atoms with Crippen LogP contribution in [0.2, 0.25) is 0 Å². The second-order valence-electron chi connectivity index (χ2n) is 6.33. The Hall–Kier alpha value is -1.66. The molecule has 24 heavy (non-hydrogen) atoms.